The third-order valence-electron chi connectivity index (χ3n) is 4.04. The molecule has 6 N–H and O–H groups in total. The maximum absolute atomic E-state index is 5.67. The first kappa shape index (κ1) is 14.8. The first-order chi connectivity index (χ1) is 9.53. The normalized spacial score (nSPS) is 17.4. The number of hydrogen-bond acceptors (Lipinski definition) is 6. The summed E-state index contributed by atoms with van der Waals surface area (Å²) in [6.07, 6.45) is 6.50. The lowest BCUT2D eigenvalue weighted by Crippen LogP contribution is -2.29. The standard InChI is InChI=1S/C14H26N6/c1-10(2)8-14(5-3-4-6-14)9-17-11-7-12(20-16)19-13(15)18-11/h7,10H,3-6,8-9,16H2,1-2H3,(H4,15,17,18,19,20). The molecule has 112 valence electrons. The molecule has 0 amide bonds. The maximum Gasteiger partial charge on any atom is 0.223 e. The van der Waals surface area contributed by atoms with Crippen LogP contribution in [-0.4, -0.2) is 16.5 Å². The molecule has 0 aliphatic heterocycles. The van der Waals surface area contributed by atoms with Crippen molar-refractivity contribution in [2.75, 3.05) is 23.0 Å². The van der Waals surface area contributed by atoms with Crippen LogP contribution in [0.2, 0.25) is 0 Å². The zero-order valence-corrected chi connectivity index (χ0v) is 12.4. The molecule has 1 aromatic rings. The summed E-state index contributed by atoms with van der Waals surface area (Å²) in [5, 5.41) is 3.42. The predicted molar refractivity (Wildman–Crippen MR) is 83.1 cm³/mol. The quantitative estimate of drug-likeness (QED) is 0.470. The van der Waals surface area contributed by atoms with Crippen LogP contribution in [0.1, 0.15) is 46.0 Å². The highest BCUT2D eigenvalue weighted by Gasteiger charge is 2.34. The van der Waals surface area contributed by atoms with Crippen LogP contribution in [0.15, 0.2) is 6.07 Å². The van der Waals surface area contributed by atoms with Gasteiger partial charge in [-0.1, -0.05) is 26.7 Å². The van der Waals surface area contributed by atoms with Crippen molar-refractivity contribution in [1.82, 2.24) is 9.97 Å². The topological polar surface area (TPSA) is 102 Å². The van der Waals surface area contributed by atoms with Gasteiger partial charge in [0.25, 0.3) is 0 Å². The second kappa shape index (κ2) is 6.26. The number of rotatable bonds is 6. The third-order valence-corrected chi connectivity index (χ3v) is 4.04. The lowest BCUT2D eigenvalue weighted by molar-refractivity contribution is 0.252. The van der Waals surface area contributed by atoms with E-state index in [4.69, 9.17) is 11.6 Å². The average molecular weight is 278 g/mol. The fourth-order valence-electron chi connectivity index (χ4n) is 3.35. The van der Waals surface area contributed by atoms with E-state index in [2.05, 4.69) is 34.6 Å². The molecule has 0 aromatic carbocycles. The van der Waals surface area contributed by atoms with E-state index in [0.29, 0.717) is 17.2 Å². The molecule has 1 aliphatic carbocycles. The van der Waals surface area contributed by atoms with Crippen LogP contribution in [0.3, 0.4) is 0 Å². The minimum Gasteiger partial charge on any atom is -0.369 e. The van der Waals surface area contributed by atoms with Crippen molar-refractivity contribution in [2.45, 2.75) is 46.0 Å². The van der Waals surface area contributed by atoms with E-state index >= 15 is 0 Å². The van der Waals surface area contributed by atoms with Crippen LogP contribution in [0.5, 0.6) is 0 Å². The van der Waals surface area contributed by atoms with Gasteiger partial charge < -0.3 is 16.5 Å². The molecule has 6 heteroatoms. The Morgan fingerprint density at radius 1 is 1.25 bits per heavy atom. The van der Waals surface area contributed by atoms with E-state index in [1.54, 1.807) is 6.07 Å². The number of hydrogen-bond donors (Lipinski definition) is 4. The number of nitrogens with two attached hydrogens (primary N) is 2. The molecule has 1 aromatic heterocycles. The zero-order chi connectivity index (χ0) is 14.6. The van der Waals surface area contributed by atoms with E-state index in [9.17, 15) is 0 Å². The van der Waals surface area contributed by atoms with E-state index in [1.807, 2.05) is 0 Å². The number of aromatic nitrogens is 2. The lowest BCUT2D eigenvalue weighted by Gasteiger charge is -2.31. The van der Waals surface area contributed by atoms with Crippen molar-refractivity contribution in [3.05, 3.63) is 6.07 Å². The molecule has 0 bridgehead atoms. The van der Waals surface area contributed by atoms with E-state index < -0.39 is 0 Å². The molecular formula is C14H26N6. The molecule has 1 saturated carbocycles. The van der Waals surface area contributed by atoms with Gasteiger partial charge in [0.05, 0.1) is 0 Å². The van der Waals surface area contributed by atoms with Crippen molar-refractivity contribution in [2.24, 2.45) is 17.2 Å². The molecule has 0 saturated heterocycles. The van der Waals surface area contributed by atoms with Gasteiger partial charge in [0.15, 0.2) is 0 Å². The van der Waals surface area contributed by atoms with Crippen LogP contribution in [-0.2, 0) is 0 Å². The Bertz CT molecular complexity index is 439. The van der Waals surface area contributed by atoms with Crippen LogP contribution in [0.25, 0.3) is 0 Å². The van der Waals surface area contributed by atoms with Gasteiger partial charge in [-0.2, -0.15) is 9.97 Å². The maximum atomic E-state index is 5.67. The van der Waals surface area contributed by atoms with E-state index in [-0.39, 0.29) is 5.95 Å². The summed E-state index contributed by atoms with van der Waals surface area (Å²) in [6, 6.07) is 1.79. The number of anilines is 3. The van der Waals surface area contributed by atoms with Gasteiger partial charge >= 0.3 is 0 Å². The van der Waals surface area contributed by atoms with Crippen LogP contribution in [0, 0.1) is 11.3 Å². The molecule has 0 atom stereocenters. The summed E-state index contributed by atoms with van der Waals surface area (Å²) < 4.78 is 0. The molecule has 1 aliphatic rings. The first-order valence-corrected chi connectivity index (χ1v) is 7.38. The number of hydrazine groups is 1. The molecule has 20 heavy (non-hydrogen) atoms. The smallest absolute Gasteiger partial charge is 0.223 e. The van der Waals surface area contributed by atoms with Crippen molar-refractivity contribution < 1.29 is 0 Å². The largest absolute Gasteiger partial charge is 0.369 e. The fraction of sp³-hybridized carbons (Fsp3) is 0.714. The number of nitrogen functional groups attached to an aromatic ring is 2. The van der Waals surface area contributed by atoms with Crippen molar-refractivity contribution in [1.29, 1.82) is 0 Å². The number of nitrogens with zero attached hydrogens (tertiary/aromatic N) is 2. The molecule has 0 spiro atoms. The summed E-state index contributed by atoms with van der Waals surface area (Å²) in [7, 11) is 0. The fourth-order valence-corrected chi connectivity index (χ4v) is 3.35. The monoisotopic (exact) mass is 278 g/mol. The van der Waals surface area contributed by atoms with Gasteiger partial charge in [0.1, 0.15) is 11.6 Å². The van der Waals surface area contributed by atoms with Crippen molar-refractivity contribution in [3.8, 4) is 0 Å². The van der Waals surface area contributed by atoms with Gasteiger partial charge in [-0.25, -0.2) is 5.84 Å². The molecule has 1 heterocycles. The van der Waals surface area contributed by atoms with Crippen LogP contribution in [0.4, 0.5) is 17.6 Å². The number of nitrogens with one attached hydrogen (secondary N) is 2. The van der Waals surface area contributed by atoms with E-state index in [0.717, 1.165) is 12.4 Å². The van der Waals surface area contributed by atoms with Gasteiger partial charge in [-0.3, -0.25) is 0 Å². The Hall–Kier alpha value is -1.56. The Kier molecular flexibility index (Phi) is 4.65. The highest BCUT2D eigenvalue weighted by Crippen LogP contribution is 2.43. The Balaban J connectivity index is 2.04. The van der Waals surface area contributed by atoms with Gasteiger partial charge in [-0.15, -0.1) is 0 Å². The Morgan fingerprint density at radius 3 is 2.50 bits per heavy atom. The lowest BCUT2D eigenvalue weighted by atomic mass is 9.78. The second-order valence-corrected chi connectivity index (χ2v) is 6.30. The molecule has 0 unspecified atom stereocenters. The highest BCUT2D eigenvalue weighted by atomic mass is 15.3. The van der Waals surface area contributed by atoms with Gasteiger partial charge in [0.2, 0.25) is 5.95 Å². The predicted octanol–water partition coefficient (Wildman–Crippen LogP) is 2.36. The molecular weight excluding hydrogens is 252 g/mol. The highest BCUT2D eigenvalue weighted by molar-refractivity contribution is 5.50. The summed E-state index contributed by atoms with van der Waals surface area (Å²) in [5.74, 6) is 7.59. The van der Waals surface area contributed by atoms with Crippen molar-refractivity contribution >= 4 is 17.6 Å². The molecule has 1 fully saturated rings. The van der Waals surface area contributed by atoms with Crippen LogP contribution >= 0.6 is 0 Å². The Morgan fingerprint density at radius 2 is 1.90 bits per heavy atom. The Labute approximate surface area is 120 Å². The second-order valence-electron chi connectivity index (χ2n) is 6.30. The van der Waals surface area contributed by atoms with Gasteiger partial charge in [0, 0.05) is 12.6 Å². The van der Waals surface area contributed by atoms with Gasteiger partial charge in [-0.05, 0) is 30.6 Å². The summed E-state index contributed by atoms with van der Waals surface area (Å²) in [6.45, 7) is 5.52. The van der Waals surface area contributed by atoms with Crippen LogP contribution < -0.4 is 22.3 Å². The zero-order valence-electron chi connectivity index (χ0n) is 12.4. The molecule has 0 radical (unpaired) electrons. The summed E-state index contributed by atoms with van der Waals surface area (Å²) in [4.78, 5) is 8.20. The third kappa shape index (κ3) is 3.72. The molecule has 6 nitrogen and oxygen atoms in total. The minimum atomic E-state index is 0.229. The average Bonchev–Trinajstić information content (AvgIpc) is 2.84. The summed E-state index contributed by atoms with van der Waals surface area (Å²) >= 11 is 0. The SMILES string of the molecule is CC(C)CC1(CNc2cc(NN)nc(N)n2)CCCC1. The minimum absolute atomic E-state index is 0.229. The molecule has 2 rings (SSSR count). The summed E-state index contributed by atoms with van der Waals surface area (Å²) in [5.41, 5.74) is 8.57. The van der Waals surface area contributed by atoms with Crippen molar-refractivity contribution in [3.63, 3.8) is 0 Å². The van der Waals surface area contributed by atoms with E-state index in [1.165, 1.54) is 32.1 Å². The first-order valence-electron chi connectivity index (χ1n) is 7.38.